The maximum Gasteiger partial charge on any atom is 0.255 e. The van der Waals surface area contributed by atoms with E-state index in [9.17, 15) is 9.59 Å². The van der Waals surface area contributed by atoms with Crippen molar-refractivity contribution in [1.29, 1.82) is 0 Å². The largest absolute Gasteiger partial charge is 0.467 e. The highest BCUT2D eigenvalue weighted by Crippen LogP contribution is 2.12. The molecule has 122 valence electrons. The minimum absolute atomic E-state index is 0.116. The van der Waals surface area contributed by atoms with Crippen molar-refractivity contribution < 1.29 is 14.0 Å². The molecule has 7 heteroatoms. The number of rotatable bonds is 7. The molecule has 0 atom stereocenters. The number of hydrogen-bond acceptors (Lipinski definition) is 5. The molecule has 2 amide bonds. The van der Waals surface area contributed by atoms with Gasteiger partial charge in [0.05, 0.1) is 24.9 Å². The van der Waals surface area contributed by atoms with E-state index in [1.54, 1.807) is 30.5 Å². The lowest BCUT2D eigenvalue weighted by atomic mass is 10.2. The molecule has 0 aliphatic heterocycles. The number of furan rings is 1. The van der Waals surface area contributed by atoms with Crippen LogP contribution in [0.25, 0.3) is 0 Å². The first-order chi connectivity index (χ1) is 11.1. The Morgan fingerprint density at radius 2 is 2.04 bits per heavy atom. The minimum Gasteiger partial charge on any atom is -0.467 e. The molecule has 0 spiro atoms. The van der Waals surface area contributed by atoms with Crippen LogP contribution in [0.1, 0.15) is 30.0 Å². The Bertz CT molecular complexity index is 653. The predicted molar refractivity (Wildman–Crippen MR) is 85.9 cm³/mol. The van der Waals surface area contributed by atoms with E-state index in [-0.39, 0.29) is 30.9 Å². The van der Waals surface area contributed by atoms with Gasteiger partial charge in [-0.2, -0.15) is 0 Å². The smallest absolute Gasteiger partial charge is 0.255 e. The monoisotopic (exact) mass is 316 g/mol. The summed E-state index contributed by atoms with van der Waals surface area (Å²) in [6.45, 7) is 4.08. The number of carbonyl (C=O) groups is 2. The van der Waals surface area contributed by atoms with Crippen molar-refractivity contribution in [2.24, 2.45) is 0 Å². The Labute approximate surface area is 134 Å². The summed E-state index contributed by atoms with van der Waals surface area (Å²) in [5, 5.41) is 8.34. The zero-order chi connectivity index (χ0) is 16.7. The van der Waals surface area contributed by atoms with Gasteiger partial charge in [0.15, 0.2) is 0 Å². The third kappa shape index (κ3) is 5.14. The SMILES string of the molecule is CC(C)Nc1ncccc1C(=O)NCC(=O)NCc1ccco1. The van der Waals surface area contributed by atoms with Crippen molar-refractivity contribution in [1.82, 2.24) is 15.6 Å². The third-order valence-electron chi connectivity index (χ3n) is 2.93. The molecule has 0 aliphatic rings. The van der Waals surface area contributed by atoms with E-state index >= 15 is 0 Å². The van der Waals surface area contributed by atoms with Crippen molar-refractivity contribution in [2.75, 3.05) is 11.9 Å². The number of nitrogens with zero attached hydrogens (tertiary/aromatic N) is 1. The highest BCUT2D eigenvalue weighted by Gasteiger charge is 2.13. The van der Waals surface area contributed by atoms with E-state index in [1.165, 1.54) is 6.26 Å². The summed E-state index contributed by atoms with van der Waals surface area (Å²) in [5.41, 5.74) is 0.403. The first-order valence-electron chi connectivity index (χ1n) is 7.35. The number of carbonyl (C=O) groups excluding carboxylic acids is 2. The quantitative estimate of drug-likeness (QED) is 0.720. The molecule has 3 N–H and O–H groups in total. The van der Waals surface area contributed by atoms with E-state index in [0.717, 1.165) is 0 Å². The fraction of sp³-hybridized carbons (Fsp3) is 0.312. The molecule has 0 bridgehead atoms. The van der Waals surface area contributed by atoms with Crippen molar-refractivity contribution in [2.45, 2.75) is 26.4 Å². The van der Waals surface area contributed by atoms with Crippen LogP contribution in [0.3, 0.4) is 0 Å². The van der Waals surface area contributed by atoms with Crippen LogP contribution in [0.2, 0.25) is 0 Å². The maximum atomic E-state index is 12.2. The zero-order valence-electron chi connectivity index (χ0n) is 13.1. The van der Waals surface area contributed by atoms with E-state index < -0.39 is 0 Å². The van der Waals surface area contributed by atoms with Crippen LogP contribution in [0.4, 0.5) is 5.82 Å². The molecule has 0 saturated carbocycles. The van der Waals surface area contributed by atoms with Gasteiger partial charge in [-0.25, -0.2) is 4.98 Å². The summed E-state index contributed by atoms with van der Waals surface area (Å²) in [4.78, 5) is 28.1. The number of aromatic nitrogens is 1. The summed E-state index contributed by atoms with van der Waals surface area (Å²) in [5.74, 6) is 0.503. The molecule has 0 unspecified atom stereocenters. The average molecular weight is 316 g/mol. The number of amides is 2. The van der Waals surface area contributed by atoms with Crippen LogP contribution >= 0.6 is 0 Å². The summed E-state index contributed by atoms with van der Waals surface area (Å²) in [6.07, 6.45) is 3.15. The van der Waals surface area contributed by atoms with E-state index in [2.05, 4.69) is 20.9 Å². The normalized spacial score (nSPS) is 10.4. The highest BCUT2D eigenvalue weighted by atomic mass is 16.3. The maximum absolute atomic E-state index is 12.2. The van der Waals surface area contributed by atoms with Gasteiger partial charge in [0, 0.05) is 12.2 Å². The van der Waals surface area contributed by atoms with Crippen molar-refractivity contribution >= 4 is 17.6 Å². The molecule has 0 radical (unpaired) electrons. The second-order valence-electron chi connectivity index (χ2n) is 5.24. The Balaban J connectivity index is 1.85. The minimum atomic E-state index is -0.352. The Morgan fingerprint density at radius 3 is 2.74 bits per heavy atom. The lowest BCUT2D eigenvalue weighted by Gasteiger charge is -2.13. The van der Waals surface area contributed by atoms with E-state index in [4.69, 9.17) is 4.42 Å². The van der Waals surface area contributed by atoms with Crippen LogP contribution in [-0.4, -0.2) is 29.4 Å². The summed E-state index contributed by atoms with van der Waals surface area (Å²) < 4.78 is 5.11. The van der Waals surface area contributed by atoms with Crippen LogP contribution in [0.15, 0.2) is 41.1 Å². The third-order valence-corrected chi connectivity index (χ3v) is 2.93. The molecular formula is C16H20N4O3. The Kier molecular flexibility index (Phi) is 5.74. The molecule has 2 heterocycles. The Morgan fingerprint density at radius 1 is 1.22 bits per heavy atom. The van der Waals surface area contributed by atoms with Crippen LogP contribution < -0.4 is 16.0 Å². The van der Waals surface area contributed by atoms with Crippen molar-refractivity contribution in [3.05, 3.63) is 48.0 Å². The average Bonchev–Trinajstić information content (AvgIpc) is 3.04. The zero-order valence-corrected chi connectivity index (χ0v) is 13.1. The molecule has 7 nitrogen and oxygen atoms in total. The standard InChI is InChI=1S/C16H20N4O3/c1-11(2)20-15-13(6-3-7-17-15)16(22)19-10-14(21)18-9-12-5-4-8-23-12/h3-8,11H,9-10H2,1-2H3,(H,17,20)(H,18,21)(H,19,22). The summed E-state index contributed by atoms with van der Waals surface area (Å²) in [7, 11) is 0. The summed E-state index contributed by atoms with van der Waals surface area (Å²) >= 11 is 0. The predicted octanol–water partition coefficient (Wildman–Crippen LogP) is 1.54. The number of anilines is 1. The van der Waals surface area contributed by atoms with Crippen LogP contribution in [0.5, 0.6) is 0 Å². The van der Waals surface area contributed by atoms with Gasteiger partial charge >= 0.3 is 0 Å². The van der Waals surface area contributed by atoms with Crippen molar-refractivity contribution in [3.8, 4) is 0 Å². The lowest BCUT2D eigenvalue weighted by molar-refractivity contribution is -0.120. The highest BCUT2D eigenvalue weighted by molar-refractivity contribution is 6.00. The van der Waals surface area contributed by atoms with Crippen LogP contribution in [-0.2, 0) is 11.3 Å². The second-order valence-corrected chi connectivity index (χ2v) is 5.24. The molecule has 2 aromatic rings. The molecule has 0 aromatic carbocycles. The fourth-order valence-corrected chi connectivity index (χ4v) is 1.89. The molecule has 2 aromatic heterocycles. The first kappa shape index (κ1) is 16.5. The Hall–Kier alpha value is -2.83. The van der Waals surface area contributed by atoms with Crippen LogP contribution in [0, 0.1) is 0 Å². The first-order valence-corrected chi connectivity index (χ1v) is 7.35. The van der Waals surface area contributed by atoms with Crippen molar-refractivity contribution in [3.63, 3.8) is 0 Å². The summed E-state index contributed by atoms with van der Waals surface area (Å²) in [6, 6.07) is 6.99. The number of nitrogens with one attached hydrogen (secondary N) is 3. The van der Waals surface area contributed by atoms with E-state index in [1.807, 2.05) is 13.8 Å². The van der Waals surface area contributed by atoms with Gasteiger partial charge in [0.25, 0.3) is 5.91 Å². The topological polar surface area (TPSA) is 96.3 Å². The molecule has 23 heavy (non-hydrogen) atoms. The van der Waals surface area contributed by atoms with Gasteiger partial charge in [-0.3, -0.25) is 9.59 Å². The molecular weight excluding hydrogens is 296 g/mol. The molecule has 2 rings (SSSR count). The van der Waals surface area contributed by atoms with Gasteiger partial charge < -0.3 is 20.4 Å². The number of pyridine rings is 1. The second kappa shape index (κ2) is 7.98. The van der Waals surface area contributed by atoms with Gasteiger partial charge in [0.2, 0.25) is 5.91 Å². The molecule has 0 fully saturated rings. The molecule has 0 aliphatic carbocycles. The number of hydrogen-bond donors (Lipinski definition) is 3. The van der Waals surface area contributed by atoms with Gasteiger partial charge in [0.1, 0.15) is 11.6 Å². The fourth-order valence-electron chi connectivity index (χ4n) is 1.89. The van der Waals surface area contributed by atoms with Gasteiger partial charge in [-0.05, 0) is 38.1 Å². The molecule has 0 saturated heterocycles. The lowest BCUT2D eigenvalue weighted by Crippen LogP contribution is -2.37. The van der Waals surface area contributed by atoms with Gasteiger partial charge in [-0.15, -0.1) is 0 Å². The van der Waals surface area contributed by atoms with E-state index in [0.29, 0.717) is 17.1 Å². The van der Waals surface area contributed by atoms with Gasteiger partial charge in [-0.1, -0.05) is 0 Å².